The van der Waals surface area contributed by atoms with Crippen molar-refractivity contribution in [3.63, 3.8) is 0 Å². The number of rotatable bonds is 9. The van der Waals surface area contributed by atoms with Crippen molar-refractivity contribution in [2.24, 2.45) is 5.41 Å². The number of hydrogen-bond acceptors (Lipinski definition) is 7. The Morgan fingerprint density at radius 2 is 1.75 bits per heavy atom. The van der Waals surface area contributed by atoms with E-state index in [-0.39, 0.29) is 23.6 Å². The number of amides is 1. The molecule has 1 amide bonds. The van der Waals surface area contributed by atoms with Crippen molar-refractivity contribution < 1.29 is 23.8 Å². The van der Waals surface area contributed by atoms with Gasteiger partial charge in [-0.25, -0.2) is 4.79 Å². The summed E-state index contributed by atoms with van der Waals surface area (Å²) in [6.07, 6.45) is 2.09. The molecule has 0 aliphatic carbocycles. The lowest BCUT2D eigenvalue weighted by molar-refractivity contribution is -0.143. The Morgan fingerprint density at radius 1 is 1.07 bits per heavy atom. The van der Waals surface area contributed by atoms with E-state index in [0.29, 0.717) is 39.2 Å². The number of benzene rings is 1. The Balaban J connectivity index is 1.81. The van der Waals surface area contributed by atoms with E-state index < -0.39 is 5.60 Å². The maximum atomic E-state index is 12.7. The molecule has 1 fully saturated rings. The number of methoxy groups -OCH3 is 1. The number of carbonyl (C=O) groups is 2. The minimum atomic E-state index is -0.529. The quantitative estimate of drug-likeness (QED) is 0.220. The number of esters is 1. The van der Waals surface area contributed by atoms with Gasteiger partial charge in [-0.2, -0.15) is 0 Å². The number of anilines is 1. The van der Waals surface area contributed by atoms with Gasteiger partial charge in [0.25, 0.3) is 0 Å². The average molecular weight is 672 g/mol. The number of halogens is 1. The van der Waals surface area contributed by atoms with Gasteiger partial charge in [-0.05, 0) is 70.9 Å². The van der Waals surface area contributed by atoms with E-state index in [1.54, 1.807) is 12.0 Å². The molecule has 2 aromatic heterocycles. The van der Waals surface area contributed by atoms with Crippen LogP contribution in [0.4, 0.5) is 10.5 Å². The van der Waals surface area contributed by atoms with Crippen molar-refractivity contribution in [1.82, 2.24) is 14.5 Å². The Kier molecular flexibility index (Phi) is 10.4. The van der Waals surface area contributed by atoms with Crippen LogP contribution in [0.2, 0.25) is 0 Å². The molecule has 3 aromatic rings. The Labute approximate surface area is 270 Å². The molecule has 0 saturated carbocycles. The van der Waals surface area contributed by atoms with Crippen LogP contribution in [0, 0.1) is 5.41 Å². The van der Waals surface area contributed by atoms with Crippen LogP contribution >= 0.6 is 15.9 Å². The molecule has 9 nitrogen and oxygen atoms in total. The third-order valence-electron chi connectivity index (χ3n) is 7.96. The highest BCUT2D eigenvalue weighted by atomic mass is 79.9. The van der Waals surface area contributed by atoms with Crippen molar-refractivity contribution >= 4 is 44.6 Å². The SMILES string of the molecule is CCn1c(-c2cc(N3CCN(C(=O)OC(C)(C)C)CC3)cnc2[C@H](C)OC)c(CC(C)(C)COC(C)=O)c2cc(Br)ccc21. The summed E-state index contributed by atoms with van der Waals surface area (Å²) in [7, 11) is 1.70. The van der Waals surface area contributed by atoms with Gasteiger partial charge in [0.05, 0.1) is 36.0 Å². The van der Waals surface area contributed by atoms with Crippen LogP contribution < -0.4 is 4.90 Å². The van der Waals surface area contributed by atoms with Crippen molar-refractivity contribution in [3.8, 4) is 11.3 Å². The number of piperazine rings is 1. The van der Waals surface area contributed by atoms with Gasteiger partial charge in [-0.1, -0.05) is 29.8 Å². The molecule has 0 N–H and O–H groups in total. The highest BCUT2D eigenvalue weighted by Gasteiger charge is 2.31. The lowest BCUT2D eigenvalue weighted by Gasteiger charge is -2.37. The van der Waals surface area contributed by atoms with Crippen molar-refractivity contribution in [3.05, 3.63) is 46.2 Å². The van der Waals surface area contributed by atoms with Gasteiger partial charge in [0.15, 0.2) is 0 Å². The lowest BCUT2D eigenvalue weighted by atomic mass is 9.84. The topological polar surface area (TPSA) is 86.1 Å². The maximum Gasteiger partial charge on any atom is 0.410 e. The van der Waals surface area contributed by atoms with Gasteiger partial charge in [-0.15, -0.1) is 0 Å². The van der Waals surface area contributed by atoms with Gasteiger partial charge in [0, 0.05) is 73.1 Å². The van der Waals surface area contributed by atoms with Crippen LogP contribution in [0.5, 0.6) is 0 Å². The first-order valence-corrected chi connectivity index (χ1v) is 16.1. The van der Waals surface area contributed by atoms with E-state index >= 15 is 0 Å². The van der Waals surface area contributed by atoms with Crippen molar-refractivity contribution in [1.29, 1.82) is 0 Å². The zero-order chi connectivity index (χ0) is 32.4. The smallest absolute Gasteiger partial charge is 0.410 e. The van der Waals surface area contributed by atoms with E-state index in [1.807, 2.05) is 33.9 Å². The minimum Gasteiger partial charge on any atom is -0.465 e. The fourth-order valence-electron chi connectivity index (χ4n) is 5.77. The third-order valence-corrected chi connectivity index (χ3v) is 8.46. The summed E-state index contributed by atoms with van der Waals surface area (Å²) in [6.45, 7) is 19.1. The molecular weight excluding hydrogens is 624 g/mol. The first kappa shape index (κ1) is 33.8. The van der Waals surface area contributed by atoms with Crippen LogP contribution in [-0.4, -0.2) is 72.0 Å². The number of nitrogens with zero attached hydrogens (tertiary/aromatic N) is 4. The number of carbonyl (C=O) groups excluding carboxylic acids is 2. The monoisotopic (exact) mass is 670 g/mol. The second kappa shape index (κ2) is 13.5. The van der Waals surface area contributed by atoms with Crippen LogP contribution in [0.15, 0.2) is 34.9 Å². The largest absolute Gasteiger partial charge is 0.465 e. The predicted molar refractivity (Wildman–Crippen MR) is 178 cm³/mol. The fraction of sp³-hybridized carbons (Fsp3) is 0.559. The summed E-state index contributed by atoms with van der Waals surface area (Å²) in [5.74, 6) is -0.281. The van der Waals surface area contributed by atoms with E-state index in [4.69, 9.17) is 19.2 Å². The first-order valence-electron chi connectivity index (χ1n) is 15.3. The van der Waals surface area contributed by atoms with Gasteiger partial charge in [-0.3, -0.25) is 9.78 Å². The summed E-state index contributed by atoms with van der Waals surface area (Å²) in [4.78, 5) is 33.4. The molecule has 10 heteroatoms. The predicted octanol–water partition coefficient (Wildman–Crippen LogP) is 7.38. The number of pyridine rings is 1. The molecule has 1 saturated heterocycles. The van der Waals surface area contributed by atoms with Crippen molar-refractivity contribution in [2.75, 3.05) is 44.8 Å². The highest BCUT2D eigenvalue weighted by Crippen LogP contribution is 2.42. The molecule has 0 unspecified atom stereocenters. The van der Waals surface area contributed by atoms with Gasteiger partial charge >= 0.3 is 12.1 Å². The average Bonchev–Trinajstić information content (AvgIpc) is 3.26. The molecule has 0 bridgehead atoms. The summed E-state index contributed by atoms with van der Waals surface area (Å²) >= 11 is 3.70. The number of hydrogen-bond donors (Lipinski definition) is 0. The van der Waals surface area contributed by atoms with Crippen molar-refractivity contribution in [2.45, 2.75) is 80.1 Å². The van der Waals surface area contributed by atoms with Crippen LogP contribution in [0.3, 0.4) is 0 Å². The fourth-order valence-corrected chi connectivity index (χ4v) is 6.14. The Hall–Kier alpha value is -3.11. The highest BCUT2D eigenvalue weighted by molar-refractivity contribution is 9.10. The molecule has 1 aliphatic rings. The van der Waals surface area contributed by atoms with E-state index in [2.05, 4.69) is 70.4 Å². The second-order valence-electron chi connectivity index (χ2n) is 13.3. The summed E-state index contributed by atoms with van der Waals surface area (Å²) in [5.41, 5.74) is 5.44. The molecule has 1 atom stereocenters. The Bertz CT molecular complexity index is 1500. The normalized spacial score (nSPS) is 15.0. The summed E-state index contributed by atoms with van der Waals surface area (Å²) in [5, 5.41) is 1.15. The number of ether oxygens (including phenoxy) is 3. The first-order chi connectivity index (χ1) is 20.6. The van der Waals surface area contributed by atoms with Crippen LogP contribution in [0.25, 0.3) is 22.2 Å². The van der Waals surface area contributed by atoms with Gasteiger partial charge in [0.2, 0.25) is 0 Å². The Morgan fingerprint density at radius 3 is 2.34 bits per heavy atom. The molecule has 0 spiro atoms. The van der Waals surface area contributed by atoms with E-state index in [1.165, 1.54) is 12.5 Å². The maximum absolute atomic E-state index is 12.7. The van der Waals surface area contributed by atoms with E-state index in [0.717, 1.165) is 44.6 Å². The van der Waals surface area contributed by atoms with Gasteiger partial charge < -0.3 is 28.6 Å². The minimum absolute atomic E-state index is 0.236. The standard InChI is InChI=1S/C34H47BrN4O5/c1-10-39-29-12-11-24(35)17-26(29)28(19-34(7,8)21-43-23(3)40)31(39)27-18-25(20-36-30(27)22(2)42-9)37-13-15-38(16-14-37)32(41)44-33(4,5)6/h11-12,17-18,20,22H,10,13-16,19,21H2,1-9H3/t22-/m0/s1. The molecule has 1 aromatic carbocycles. The summed E-state index contributed by atoms with van der Waals surface area (Å²) < 4.78 is 20.3. The second-order valence-corrected chi connectivity index (χ2v) is 14.2. The third kappa shape index (κ3) is 7.75. The summed E-state index contributed by atoms with van der Waals surface area (Å²) in [6, 6.07) is 8.62. The molecule has 0 radical (unpaired) electrons. The van der Waals surface area contributed by atoms with E-state index in [9.17, 15) is 9.59 Å². The van der Waals surface area contributed by atoms with Gasteiger partial charge in [0.1, 0.15) is 5.60 Å². The molecule has 1 aliphatic heterocycles. The van der Waals surface area contributed by atoms with Crippen LogP contribution in [0.1, 0.15) is 72.8 Å². The van der Waals surface area contributed by atoms with Crippen LogP contribution in [-0.2, 0) is 32.0 Å². The number of aromatic nitrogens is 2. The zero-order valence-corrected chi connectivity index (χ0v) is 29.2. The molecule has 44 heavy (non-hydrogen) atoms. The molecule has 240 valence electrons. The molecule has 3 heterocycles. The number of fused-ring (bicyclic) bond motifs is 1. The lowest BCUT2D eigenvalue weighted by Crippen LogP contribution is -2.50. The zero-order valence-electron chi connectivity index (χ0n) is 27.6. The number of aryl methyl sites for hydroxylation is 1. The molecular formula is C34H47BrN4O5. The molecule has 4 rings (SSSR count).